The van der Waals surface area contributed by atoms with Crippen LogP contribution in [0.4, 0.5) is 0 Å². The van der Waals surface area contributed by atoms with Crippen molar-refractivity contribution in [2.75, 3.05) is 0 Å². The van der Waals surface area contributed by atoms with E-state index in [0.717, 1.165) is 0 Å². The molecule has 0 N–H and O–H groups in total. The molecule has 0 saturated carbocycles. The molecule has 0 amide bonds. The normalized spacial score (nSPS) is 10.2. The molecule has 0 aliphatic heterocycles. The van der Waals surface area contributed by atoms with Crippen LogP contribution in [0, 0.1) is 0 Å². The van der Waals surface area contributed by atoms with Crippen molar-refractivity contribution in [1.82, 2.24) is 0 Å². The summed E-state index contributed by atoms with van der Waals surface area (Å²) in [6.07, 6.45) is 0. The van der Waals surface area contributed by atoms with Crippen LogP contribution in [-0.4, -0.2) is 16.6 Å². The maximum atomic E-state index is 12.2. The van der Waals surface area contributed by atoms with E-state index in [1.165, 1.54) is 0 Å². The van der Waals surface area contributed by atoms with Crippen LogP contribution in [0.1, 0.15) is 42.2 Å². The predicted molar refractivity (Wildman–Crippen MR) is 111 cm³/mol. The van der Waals surface area contributed by atoms with Crippen LogP contribution in [0.5, 0.6) is 0 Å². The number of rotatable bonds is 7. The first-order valence-corrected chi connectivity index (χ1v) is 9.60. The fourth-order valence-electron chi connectivity index (χ4n) is 2.63. The molecule has 0 atom stereocenters. The molecule has 6 heteroatoms. The van der Waals surface area contributed by atoms with Gasteiger partial charge < -0.3 is 9.47 Å². The summed E-state index contributed by atoms with van der Waals surface area (Å²) in [5.41, 5.74) is 2.51. The van der Waals surface area contributed by atoms with E-state index in [1.54, 1.807) is 72.8 Å². The molecule has 3 rings (SSSR count). The number of esters is 2. The Morgan fingerprint density at radius 1 is 0.621 bits per heavy atom. The lowest BCUT2D eigenvalue weighted by Crippen LogP contribution is -2.10. The van der Waals surface area contributed by atoms with Gasteiger partial charge in [-0.2, -0.15) is 0 Å². The van der Waals surface area contributed by atoms with E-state index in [1.807, 2.05) is 6.07 Å². The van der Waals surface area contributed by atoms with Crippen LogP contribution in [0.2, 0.25) is 0 Å². The topological polar surface area (TPSA) is 69.7 Å². The van der Waals surface area contributed by atoms with Crippen molar-refractivity contribution in [1.29, 1.82) is 0 Å². The van der Waals surface area contributed by atoms with Gasteiger partial charge >= 0.3 is 11.9 Å². The fourth-order valence-corrected chi connectivity index (χ4v) is 2.87. The van der Waals surface area contributed by atoms with E-state index < -0.39 is 11.9 Å². The summed E-state index contributed by atoms with van der Waals surface area (Å²) in [5.74, 6) is -0.938. The van der Waals surface area contributed by atoms with Gasteiger partial charge in [-0.1, -0.05) is 48.5 Å². The Kier molecular flexibility index (Phi) is 6.92. The van der Waals surface area contributed by atoms with Crippen LogP contribution in [-0.2, 0) is 22.7 Å². The molecule has 0 heterocycles. The summed E-state index contributed by atoms with van der Waals surface area (Å²) < 4.78 is 10.5. The van der Waals surface area contributed by atoms with Gasteiger partial charge in [-0.3, -0.25) is 4.79 Å². The molecule has 0 saturated heterocycles. The zero-order chi connectivity index (χ0) is 20.6. The Labute approximate surface area is 176 Å². The lowest BCUT2D eigenvalue weighted by Gasteiger charge is -2.12. The van der Waals surface area contributed by atoms with Gasteiger partial charge in [0.25, 0.3) is 0 Å². The monoisotopic (exact) mass is 452 g/mol. The maximum absolute atomic E-state index is 12.2. The standard InChI is InChI=1S/C23H17BrO5/c24-21(25)18-11-12-19(14-28-22(26)16-7-3-1-4-8-16)20(13-18)15-29-23(27)17-9-5-2-6-10-17/h1-13H,14-15H2. The molecule has 0 aliphatic carbocycles. The van der Waals surface area contributed by atoms with Gasteiger partial charge in [-0.05, 0) is 57.4 Å². The molecular weight excluding hydrogens is 436 g/mol. The minimum Gasteiger partial charge on any atom is -0.457 e. The molecule has 29 heavy (non-hydrogen) atoms. The highest BCUT2D eigenvalue weighted by Gasteiger charge is 2.14. The van der Waals surface area contributed by atoms with E-state index >= 15 is 0 Å². The number of carbonyl (C=O) groups excluding carboxylic acids is 3. The van der Waals surface area contributed by atoms with Gasteiger partial charge in [0.2, 0.25) is 4.69 Å². The summed E-state index contributed by atoms with van der Waals surface area (Å²) in [6.45, 7) is -0.0667. The minimum absolute atomic E-state index is 0.0112. The highest BCUT2D eigenvalue weighted by atomic mass is 79.9. The van der Waals surface area contributed by atoms with Crippen LogP contribution in [0.25, 0.3) is 0 Å². The number of benzene rings is 3. The molecule has 146 valence electrons. The Bertz CT molecular complexity index is 1020. The van der Waals surface area contributed by atoms with E-state index in [0.29, 0.717) is 27.8 Å². The quantitative estimate of drug-likeness (QED) is 0.375. The summed E-state index contributed by atoms with van der Waals surface area (Å²) in [7, 11) is 0. The first-order valence-electron chi connectivity index (χ1n) is 8.80. The summed E-state index contributed by atoms with van der Waals surface area (Å²) >= 11 is 2.92. The van der Waals surface area contributed by atoms with Crippen molar-refractivity contribution < 1.29 is 23.9 Å². The molecule has 3 aromatic rings. The molecular formula is C23H17BrO5. The van der Waals surface area contributed by atoms with E-state index in [2.05, 4.69) is 15.9 Å². The second kappa shape index (κ2) is 9.80. The van der Waals surface area contributed by atoms with Crippen molar-refractivity contribution in [2.24, 2.45) is 0 Å². The second-order valence-electron chi connectivity index (χ2n) is 6.14. The minimum atomic E-state index is -0.478. The van der Waals surface area contributed by atoms with E-state index in [9.17, 15) is 14.4 Å². The first kappa shape index (κ1) is 20.5. The third-order valence-electron chi connectivity index (χ3n) is 4.17. The van der Waals surface area contributed by atoms with Gasteiger partial charge in [-0.25, -0.2) is 9.59 Å². The average Bonchev–Trinajstić information content (AvgIpc) is 2.77. The SMILES string of the molecule is O=C(Br)c1ccc(COC(=O)c2ccccc2)c(COC(=O)c2ccccc2)c1. The molecule has 0 aromatic heterocycles. The number of halogens is 1. The number of ether oxygens (including phenoxy) is 2. The molecule has 0 fully saturated rings. The largest absolute Gasteiger partial charge is 0.457 e. The van der Waals surface area contributed by atoms with Crippen molar-refractivity contribution in [3.8, 4) is 0 Å². The first-order chi connectivity index (χ1) is 14.0. The van der Waals surface area contributed by atoms with Crippen LogP contribution in [0.15, 0.2) is 78.9 Å². The summed E-state index contributed by atoms with van der Waals surface area (Å²) in [4.78, 5) is 36.0. The highest BCUT2D eigenvalue weighted by molar-refractivity contribution is 9.18. The van der Waals surface area contributed by atoms with Crippen molar-refractivity contribution >= 4 is 32.6 Å². The fraction of sp³-hybridized carbons (Fsp3) is 0.0870. The van der Waals surface area contributed by atoms with Crippen molar-refractivity contribution in [2.45, 2.75) is 13.2 Å². The molecule has 0 spiro atoms. The zero-order valence-electron chi connectivity index (χ0n) is 15.3. The van der Waals surface area contributed by atoms with Crippen molar-refractivity contribution in [3.63, 3.8) is 0 Å². The third kappa shape index (κ3) is 5.62. The molecule has 5 nitrogen and oxygen atoms in total. The van der Waals surface area contributed by atoms with Crippen LogP contribution < -0.4 is 0 Å². The molecule has 0 aliphatic rings. The predicted octanol–water partition coefficient (Wildman–Crippen LogP) is 4.94. The molecule has 0 bridgehead atoms. The molecule has 0 unspecified atom stereocenters. The smallest absolute Gasteiger partial charge is 0.338 e. The summed E-state index contributed by atoms with van der Waals surface area (Å²) in [6, 6.07) is 22.2. The highest BCUT2D eigenvalue weighted by Crippen LogP contribution is 2.18. The van der Waals surface area contributed by atoms with Gasteiger partial charge in [0.15, 0.2) is 0 Å². The van der Waals surface area contributed by atoms with Crippen LogP contribution >= 0.6 is 15.9 Å². The van der Waals surface area contributed by atoms with E-state index in [-0.39, 0.29) is 17.9 Å². The van der Waals surface area contributed by atoms with Gasteiger partial charge in [-0.15, -0.1) is 0 Å². The average molecular weight is 453 g/mol. The van der Waals surface area contributed by atoms with Gasteiger partial charge in [0, 0.05) is 5.56 Å². The number of hydrogen-bond acceptors (Lipinski definition) is 5. The lowest BCUT2D eigenvalue weighted by atomic mass is 10.1. The summed E-state index contributed by atoms with van der Waals surface area (Å²) in [5, 5.41) is 0. The second-order valence-corrected chi connectivity index (χ2v) is 6.86. The van der Waals surface area contributed by atoms with E-state index in [4.69, 9.17) is 9.47 Å². The zero-order valence-corrected chi connectivity index (χ0v) is 16.9. The molecule has 3 aromatic carbocycles. The Morgan fingerprint density at radius 3 is 1.59 bits per heavy atom. The van der Waals surface area contributed by atoms with Gasteiger partial charge in [0.1, 0.15) is 13.2 Å². The Hall–Kier alpha value is -3.25. The molecule has 0 radical (unpaired) electrons. The Balaban J connectivity index is 1.73. The van der Waals surface area contributed by atoms with Crippen molar-refractivity contribution in [3.05, 3.63) is 107 Å². The van der Waals surface area contributed by atoms with Gasteiger partial charge in [0.05, 0.1) is 11.1 Å². The third-order valence-corrected chi connectivity index (χ3v) is 4.63. The Morgan fingerprint density at radius 2 is 1.10 bits per heavy atom. The number of carbonyl (C=O) groups is 3. The lowest BCUT2D eigenvalue weighted by molar-refractivity contribution is 0.0435. The number of hydrogen-bond donors (Lipinski definition) is 0. The van der Waals surface area contributed by atoms with Crippen LogP contribution in [0.3, 0.4) is 0 Å². The maximum Gasteiger partial charge on any atom is 0.338 e.